The summed E-state index contributed by atoms with van der Waals surface area (Å²) in [6.07, 6.45) is 5.69. The van der Waals surface area contributed by atoms with E-state index in [0.717, 1.165) is 42.6 Å². The van der Waals surface area contributed by atoms with Crippen LogP contribution in [0.2, 0.25) is 0 Å². The van der Waals surface area contributed by atoms with E-state index in [4.69, 9.17) is 8.83 Å². The summed E-state index contributed by atoms with van der Waals surface area (Å²) in [5, 5.41) is 3.23. The number of carbonyl (C=O) groups excluding carboxylic acids is 1. The van der Waals surface area contributed by atoms with Gasteiger partial charge in [0, 0.05) is 23.2 Å². The lowest BCUT2D eigenvalue weighted by atomic mass is 9.79. The van der Waals surface area contributed by atoms with Crippen molar-refractivity contribution in [3.63, 3.8) is 0 Å². The molecule has 3 saturated heterocycles. The molecule has 144 valence electrons. The summed E-state index contributed by atoms with van der Waals surface area (Å²) < 4.78 is 11.2. The minimum absolute atomic E-state index is 0.127. The largest absolute Gasteiger partial charge is 0.472 e. The van der Waals surface area contributed by atoms with Gasteiger partial charge in [-0.05, 0) is 62.5 Å². The first kappa shape index (κ1) is 17.3. The highest BCUT2D eigenvalue weighted by molar-refractivity contribution is 5.93. The highest BCUT2D eigenvalue weighted by atomic mass is 16.4. The molecule has 5 heterocycles. The zero-order valence-electron chi connectivity index (χ0n) is 15.9. The number of nitrogens with one attached hydrogen (secondary N) is 1. The number of hydrogen-bond acceptors (Lipinski definition) is 4. The Morgan fingerprint density at radius 1 is 1.07 bits per heavy atom. The Bertz CT molecular complexity index is 965. The summed E-state index contributed by atoms with van der Waals surface area (Å²) >= 11 is 0. The van der Waals surface area contributed by atoms with Crippen molar-refractivity contribution in [2.75, 3.05) is 13.1 Å². The standard InChI is InChI=1S/C23H24N2O3/c1-15-22(16-8-11-25(15)12-9-16)24-23(26)21-7-6-20(28-21)19-5-3-2-4-18(19)17-10-13-27-14-17/h2-7,10,13-16,22H,8-9,11-12H2,1H3,(H,24,26). The van der Waals surface area contributed by atoms with Crippen molar-refractivity contribution in [3.8, 4) is 22.5 Å². The Hall–Kier alpha value is -2.79. The van der Waals surface area contributed by atoms with Crippen LogP contribution in [0.25, 0.3) is 22.5 Å². The first-order chi connectivity index (χ1) is 13.7. The van der Waals surface area contributed by atoms with Crippen molar-refractivity contribution < 1.29 is 13.6 Å². The molecule has 5 nitrogen and oxygen atoms in total. The molecule has 1 amide bonds. The zero-order valence-corrected chi connectivity index (χ0v) is 15.9. The molecule has 28 heavy (non-hydrogen) atoms. The maximum atomic E-state index is 12.9. The van der Waals surface area contributed by atoms with E-state index in [2.05, 4.69) is 17.1 Å². The molecule has 0 saturated carbocycles. The molecule has 3 fully saturated rings. The van der Waals surface area contributed by atoms with Crippen LogP contribution in [-0.4, -0.2) is 36.0 Å². The van der Waals surface area contributed by atoms with Crippen LogP contribution in [0, 0.1) is 5.92 Å². The topological polar surface area (TPSA) is 58.6 Å². The number of nitrogens with zero attached hydrogens (tertiary/aromatic N) is 1. The van der Waals surface area contributed by atoms with E-state index in [9.17, 15) is 4.79 Å². The predicted octanol–water partition coefficient (Wildman–Crippen LogP) is 4.42. The molecular formula is C23H24N2O3. The maximum absolute atomic E-state index is 12.9. The molecule has 0 aliphatic carbocycles. The van der Waals surface area contributed by atoms with Crippen LogP contribution in [-0.2, 0) is 0 Å². The molecule has 2 bridgehead atoms. The van der Waals surface area contributed by atoms with E-state index < -0.39 is 0 Å². The smallest absolute Gasteiger partial charge is 0.287 e. The summed E-state index contributed by atoms with van der Waals surface area (Å²) in [7, 11) is 0. The van der Waals surface area contributed by atoms with Crippen LogP contribution in [0.5, 0.6) is 0 Å². The molecule has 5 heteroatoms. The summed E-state index contributed by atoms with van der Waals surface area (Å²) in [5.74, 6) is 1.49. The lowest BCUT2D eigenvalue weighted by Gasteiger charge is -2.49. The number of benzene rings is 1. The van der Waals surface area contributed by atoms with Gasteiger partial charge in [0.25, 0.3) is 5.91 Å². The van der Waals surface area contributed by atoms with Crippen LogP contribution in [0.1, 0.15) is 30.3 Å². The van der Waals surface area contributed by atoms with Gasteiger partial charge < -0.3 is 14.2 Å². The fourth-order valence-corrected chi connectivity index (χ4v) is 4.74. The second-order valence-corrected chi connectivity index (χ2v) is 7.83. The van der Waals surface area contributed by atoms with E-state index in [-0.39, 0.29) is 11.9 Å². The third-order valence-electron chi connectivity index (χ3n) is 6.33. The SMILES string of the molecule is CC1C(NC(=O)c2ccc(-c3ccccc3-c3ccoc3)o2)C2CCN1CC2. The van der Waals surface area contributed by atoms with Gasteiger partial charge in [-0.15, -0.1) is 0 Å². The predicted molar refractivity (Wildman–Crippen MR) is 107 cm³/mol. The number of furan rings is 2. The Kier molecular flexibility index (Phi) is 4.32. The van der Waals surface area contributed by atoms with Crippen LogP contribution >= 0.6 is 0 Å². The minimum Gasteiger partial charge on any atom is -0.472 e. The Morgan fingerprint density at radius 2 is 1.86 bits per heavy atom. The van der Waals surface area contributed by atoms with Gasteiger partial charge in [-0.2, -0.15) is 0 Å². The molecule has 3 aliphatic heterocycles. The van der Waals surface area contributed by atoms with Crippen molar-refractivity contribution >= 4 is 5.91 Å². The fourth-order valence-electron chi connectivity index (χ4n) is 4.74. The number of piperidine rings is 3. The lowest BCUT2D eigenvalue weighted by Crippen LogP contribution is -2.62. The average molecular weight is 376 g/mol. The van der Waals surface area contributed by atoms with Gasteiger partial charge in [0.05, 0.1) is 12.5 Å². The first-order valence-corrected chi connectivity index (χ1v) is 9.97. The lowest BCUT2D eigenvalue weighted by molar-refractivity contribution is 0.0211. The molecule has 2 atom stereocenters. The van der Waals surface area contributed by atoms with Crippen LogP contribution in [0.4, 0.5) is 0 Å². The van der Waals surface area contributed by atoms with E-state index >= 15 is 0 Å². The summed E-state index contributed by atoms with van der Waals surface area (Å²) in [6, 6.07) is 14.1. The number of hydrogen-bond donors (Lipinski definition) is 1. The van der Waals surface area contributed by atoms with Crippen LogP contribution in [0.15, 0.2) is 63.8 Å². The number of carbonyl (C=O) groups is 1. The second kappa shape index (κ2) is 6.99. The highest BCUT2D eigenvalue weighted by Crippen LogP contribution is 2.34. The Labute approximate surface area is 164 Å². The number of fused-ring (bicyclic) bond motifs is 3. The van der Waals surface area contributed by atoms with Crippen molar-refractivity contribution in [2.45, 2.75) is 31.8 Å². The third kappa shape index (κ3) is 2.96. The van der Waals surface area contributed by atoms with E-state index in [1.807, 2.05) is 36.4 Å². The molecule has 2 aromatic heterocycles. The van der Waals surface area contributed by atoms with Crippen molar-refractivity contribution in [1.82, 2.24) is 10.2 Å². The molecule has 1 N–H and O–H groups in total. The van der Waals surface area contributed by atoms with Gasteiger partial charge in [0.2, 0.25) is 0 Å². The second-order valence-electron chi connectivity index (χ2n) is 7.83. The Morgan fingerprint density at radius 3 is 2.57 bits per heavy atom. The zero-order chi connectivity index (χ0) is 19.1. The van der Waals surface area contributed by atoms with E-state index in [0.29, 0.717) is 23.5 Å². The number of amides is 1. The van der Waals surface area contributed by atoms with Crippen molar-refractivity contribution in [3.05, 3.63) is 60.8 Å². The van der Waals surface area contributed by atoms with Gasteiger partial charge in [0.1, 0.15) is 5.76 Å². The molecule has 6 rings (SSSR count). The fraction of sp³-hybridized carbons (Fsp3) is 0.348. The maximum Gasteiger partial charge on any atom is 0.287 e. The molecule has 0 spiro atoms. The van der Waals surface area contributed by atoms with Crippen LogP contribution < -0.4 is 5.32 Å². The normalized spacial score (nSPS) is 26.3. The van der Waals surface area contributed by atoms with Gasteiger partial charge in [-0.1, -0.05) is 24.3 Å². The van der Waals surface area contributed by atoms with E-state index in [1.54, 1.807) is 18.6 Å². The van der Waals surface area contributed by atoms with Crippen molar-refractivity contribution in [1.29, 1.82) is 0 Å². The molecule has 3 aromatic rings. The van der Waals surface area contributed by atoms with Gasteiger partial charge >= 0.3 is 0 Å². The molecular weight excluding hydrogens is 352 g/mol. The number of rotatable bonds is 4. The summed E-state index contributed by atoms with van der Waals surface area (Å²) in [4.78, 5) is 15.3. The molecule has 3 aliphatic rings. The molecule has 2 unspecified atom stereocenters. The van der Waals surface area contributed by atoms with Crippen molar-refractivity contribution in [2.24, 2.45) is 5.92 Å². The van der Waals surface area contributed by atoms with Gasteiger partial charge in [0.15, 0.2) is 5.76 Å². The quantitative estimate of drug-likeness (QED) is 0.732. The molecule has 1 aromatic carbocycles. The van der Waals surface area contributed by atoms with Gasteiger partial charge in [-0.25, -0.2) is 0 Å². The third-order valence-corrected chi connectivity index (χ3v) is 6.33. The minimum atomic E-state index is -0.127. The van der Waals surface area contributed by atoms with E-state index in [1.165, 1.54) is 0 Å². The first-order valence-electron chi connectivity index (χ1n) is 9.97. The highest BCUT2D eigenvalue weighted by Gasteiger charge is 2.40. The summed E-state index contributed by atoms with van der Waals surface area (Å²) in [5.41, 5.74) is 2.95. The summed E-state index contributed by atoms with van der Waals surface area (Å²) in [6.45, 7) is 4.51. The monoisotopic (exact) mass is 376 g/mol. The Balaban J connectivity index is 1.38. The van der Waals surface area contributed by atoms with Crippen LogP contribution in [0.3, 0.4) is 0 Å². The average Bonchev–Trinajstić information content (AvgIpc) is 3.43. The molecule has 0 radical (unpaired) electrons. The van der Waals surface area contributed by atoms with Gasteiger partial charge in [-0.3, -0.25) is 9.69 Å².